The second kappa shape index (κ2) is 4.76. The first-order valence-electron chi connectivity index (χ1n) is 4.65. The number of nitrogens with zero attached hydrogens (tertiary/aromatic N) is 3. The Morgan fingerprint density at radius 2 is 2.06 bits per heavy atom. The molecule has 2 rings (SSSR count). The Kier molecular flexibility index (Phi) is 3.17. The van der Waals surface area contributed by atoms with Gasteiger partial charge < -0.3 is 5.32 Å². The number of benzene rings is 1. The van der Waals surface area contributed by atoms with Gasteiger partial charge in [0.1, 0.15) is 5.82 Å². The Morgan fingerprint density at radius 1 is 1.24 bits per heavy atom. The second-order valence-electron chi connectivity index (χ2n) is 3.17. The maximum absolute atomic E-state index is 13.5. The van der Waals surface area contributed by atoms with Gasteiger partial charge in [0.15, 0.2) is 11.0 Å². The SMILES string of the molecule is N#Cc1ccc(Nc2ccc(Cl)nn2)c(F)c1. The molecule has 1 aromatic carbocycles. The van der Waals surface area contributed by atoms with Crippen LogP contribution in [-0.4, -0.2) is 10.2 Å². The molecule has 2 aromatic rings. The molecule has 0 amide bonds. The van der Waals surface area contributed by atoms with Crippen molar-refractivity contribution < 1.29 is 4.39 Å². The van der Waals surface area contributed by atoms with Crippen LogP contribution in [0, 0.1) is 17.1 Å². The summed E-state index contributed by atoms with van der Waals surface area (Å²) in [6.07, 6.45) is 0. The highest BCUT2D eigenvalue weighted by Crippen LogP contribution is 2.19. The van der Waals surface area contributed by atoms with E-state index in [9.17, 15) is 4.39 Å². The van der Waals surface area contributed by atoms with Crippen LogP contribution in [0.1, 0.15) is 5.56 Å². The van der Waals surface area contributed by atoms with E-state index >= 15 is 0 Å². The molecule has 0 spiro atoms. The minimum Gasteiger partial charge on any atom is -0.336 e. The zero-order chi connectivity index (χ0) is 12.3. The summed E-state index contributed by atoms with van der Waals surface area (Å²) in [6, 6.07) is 9.09. The fraction of sp³-hybridized carbons (Fsp3) is 0. The lowest BCUT2D eigenvalue weighted by molar-refractivity contribution is 0.631. The van der Waals surface area contributed by atoms with Crippen LogP contribution in [0.5, 0.6) is 0 Å². The molecule has 0 atom stereocenters. The van der Waals surface area contributed by atoms with E-state index in [4.69, 9.17) is 16.9 Å². The van der Waals surface area contributed by atoms with Crippen molar-refractivity contribution in [1.82, 2.24) is 10.2 Å². The third-order valence-electron chi connectivity index (χ3n) is 1.99. The molecule has 1 N–H and O–H groups in total. The van der Waals surface area contributed by atoms with Crippen LogP contribution >= 0.6 is 11.6 Å². The van der Waals surface area contributed by atoms with E-state index < -0.39 is 5.82 Å². The molecule has 0 saturated heterocycles. The van der Waals surface area contributed by atoms with Gasteiger partial charge in [-0.2, -0.15) is 5.26 Å². The number of nitrogens with one attached hydrogen (secondary N) is 1. The number of hydrogen-bond donors (Lipinski definition) is 1. The van der Waals surface area contributed by atoms with E-state index in [0.717, 1.165) is 6.07 Å². The van der Waals surface area contributed by atoms with Crippen LogP contribution in [0.15, 0.2) is 30.3 Å². The summed E-state index contributed by atoms with van der Waals surface area (Å²) in [4.78, 5) is 0. The minimum atomic E-state index is -0.527. The molecule has 0 saturated carbocycles. The molecule has 0 aliphatic heterocycles. The topological polar surface area (TPSA) is 61.6 Å². The number of anilines is 2. The maximum Gasteiger partial charge on any atom is 0.153 e. The first-order chi connectivity index (χ1) is 8.19. The zero-order valence-electron chi connectivity index (χ0n) is 8.48. The molecular formula is C11H6ClFN4. The predicted molar refractivity (Wildman–Crippen MR) is 61.4 cm³/mol. The molecule has 6 heteroatoms. The van der Waals surface area contributed by atoms with Gasteiger partial charge in [-0.3, -0.25) is 0 Å². The van der Waals surface area contributed by atoms with E-state index in [1.807, 2.05) is 6.07 Å². The van der Waals surface area contributed by atoms with Gasteiger partial charge >= 0.3 is 0 Å². The lowest BCUT2D eigenvalue weighted by Gasteiger charge is -2.05. The molecule has 17 heavy (non-hydrogen) atoms. The molecule has 0 radical (unpaired) electrons. The average molecular weight is 249 g/mol. The Bertz CT molecular complexity index is 577. The lowest BCUT2D eigenvalue weighted by atomic mass is 10.2. The fourth-order valence-electron chi connectivity index (χ4n) is 1.21. The van der Waals surface area contributed by atoms with Gasteiger partial charge in [0.2, 0.25) is 0 Å². The second-order valence-corrected chi connectivity index (χ2v) is 3.56. The van der Waals surface area contributed by atoms with Crippen LogP contribution < -0.4 is 5.32 Å². The van der Waals surface area contributed by atoms with E-state index in [0.29, 0.717) is 5.82 Å². The van der Waals surface area contributed by atoms with Crippen molar-refractivity contribution in [3.63, 3.8) is 0 Å². The maximum atomic E-state index is 13.5. The van der Waals surface area contributed by atoms with Gasteiger partial charge in [0.25, 0.3) is 0 Å². The quantitative estimate of drug-likeness (QED) is 0.888. The monoisotopic (exact) mass is 248 g/mol. The summed E-state index contributed by atoms with van der Waals surface area (Å²) >= 11 is 5.57. The summed E-state index contributed by atoms with van der Waals surface area (Å²) in [5.74, 6) is -0.154. The molecular weight excluding hydrogens is 243 g/mol. The van der Waals surface area contributed by atoms with Crippen molar-refractivity contribution >= 4 is 23.1 Å². The summed E-state index contributed by atoms with van der Waals surface area (Å²) in [5, 5.41) is 18.9. The smallest absolute Gasteiger partial charge is 0.153 e. The lowest BCUT2D eigenvalue weighted by Crippen LogP contribution is -1.97. The molecule has 0 aliphatic rings. The Balaban J connectivity index is 2.25. The molecule has 0 unspecified atom stereocenters. The van der Waals surface area contributed by atoms with Crippen molar-refractivity contribution in [2.45, 2.75) is 0 Å². The average Bonchev–Trinajstić information content (AvgIpc) is 2.34. The predicted octanol–water partition coefficient (Wildman–Crippen LogP) is 2.88. The molecule has 0 aliphatic carbocycles. The molecule has 4 nitrogen and oxygen atoms in total. The van der Waals surface area contributed by atoms with E-state index in [-0.39, 0.29) is 16.4 Å². The highest BCUT2D eigenvalue weighted by Gasteiger charge is 2.04. The normalized spacial score (nSPS) is 9.71. The van der Waals surface area contributed by atoms with E-state index in [1.165, 1.54) is 12.1 Å². The summed E-state index contributed by atoms with van der Waals surface area (Å²) < 4.78 is 13.5. The van der Waals surface area contributed by atoms with Crippen molar-refractivity contribution in [3.05, 3.63) is 46.9 Å². The van der Waals surface area contributed by atoms with Gasteiger partial charge in [-0.25, -0.2) is 4.39 Å². The first kappa shape index (κ1) is 11.3. The number of rotatable bonds is 2. The van der Waals surface area contributed by atoms with Crippen molar-refractivity contribution in [2.24, 2.45) is 0 Å². The summed E-state index contributed by atoms with van der Waals surface area (Å²) in [5.41, 5.74) is 0.482. The van der Waals surface area contributed by atoms with Gasteiger partial charge in [0, 0.05) is 0 Å². The van der Waals surface area contributed by atoms with Crippen LogP contribution in [-0.2, 0) is 0 Å². The summed E-state index contributed by atoms with van der Waals surface area (Å²) in [6.45, 7) is 0. The van der Waals surface area contributed by atoms with Crippen LogP contribution in [0.4, 0.5) is 15.9 Å². The van der Waals surface area contributed by atoms with E-state index in [1.54, 1.807) is 12.1 Å². The zero-order valence-corrected chi connectivity index (χ0v) is 9.24. The van der Waals surface area contributed by atoms with Gasteiger partial charge in [-0.05, 0) is 30.3 Å². The van der Waals surface area contributed by atoms with Crippen LogP contribution in [0.2, 0.25) is 5.15 Å². The van der Waals surface area contributed by atoms with Gasteiger partial charge in [-0.15, -0.1) is 10.2 Å². The number of halogens is 2. The van der Waals surface area contributed by atoms with Crippen molar-refractivity contribution in [2.75, 3.05) is 5.32 Å². The Labute approximate surface area is 102 Å². The highest BCUT2D eigenvalue weighted by molar-refractivity contribution is 6.29. The Hall–Kier alpha value is -2.19. The van der Waals surface area contributed by atoms with Gasteiger partial charge in [0.05, 0.1) is 17.3 Å². The standard InChI is InChI=1S/C11H6ClFN4/c12-10-3-4-11(17-16-10)15-9-2-1-7(6-14)5-8(9)13/h1-5H,(H,15,17). The number of nitriles is 1. The fourth-order valence-corrected chi connectivity index (χ4v) is 1.31. The van der Waals surface area contributed by atoms with Crippen LogP contribution in [0.3, 0.4) is 0 Å². The Morgan fingerprint density at radius 3 is 2.65 bits per heavy atom. The first-order valence-corrected chi connectivity index (χ1v) is 5.03. The molecule has 0 fully saturated rings. The van der Waals surface area contributed by atoms with Crippen molar-refractivity contribution in [3.8, 4) is 6.07 Å². The van der Waals surface area contributed by atoms with Crippen LogP contribution in [0.25, 0.3) is 0 Å². The number of aromatic nitrogens is 2. The third-order valence-corrected chi connectivity index (χ3v) is 2.19. The molecule has 84 valence electrons. The number of hydrogen-bond acceptors (Lipinski definition) is 4. The van der Waals surface area contributed by atoms with Gasteiger partial charge in [-0.1, -0.05) is 11.6 Å². The largest absolute Gasteiger partial charge is 0.336 e. The van der Waals surface area contributed by atoms with E-state index in [2.05, 4.69) is 15.5 Å². The highest BCUT2D eigenvalue weighted by atomic mass is 35.5. The third kappa shape index (κ3) is 2.68. The van der Waals surface area contributed by atoms with Crippen molar-refractivity contribution in [1.29, 1.82) is 5.26 Å². The summed E-state index contributed by atoms with van der Waals surface area (Å²) in [7, 11) is 0. The molecule has 1 heterocycles. The minimum absolute atomic E-state index is 0.223. The molecule has 0 bridgehead atoms. The molecule has 1 aromatic heterocycles.